The number of rotatable bonds is 9. The van der Waals surface area contributed by atoms with Gasteiger partial charge in [0.05, 0.1) is 29.8 Å². The van der Waals surface area contributed by atoms with Crippen LogP contribution in [-0.2, 0) is 16.0 Å². The third kappa shape index (κ3) is 7.07. The number of carbonyl (C=O) groups is 1. The van der Waals surface area contributed by atoms with E-state index in [0.717, 1.165) is 50.9 Å². The van der Waals surface area contributed by atoms with Gasteiger partial charge >= 0.3 is 6.09 Å². The molecule has 3 aromatic heterocycles. The number of ether oxygens (including phenoxy) is 2. The standard InChI is InChI=1S/C30H39ClN8O4/c1-3-4-5-6-7-21-17-42-13-12-38(21)30-37-26-24(39(30)16-19-10-8-18(2)9-11-19)23(22-14-20(31)15-34-28(22)40)35-27(36-26)25(32)43-29(33)41/h3-4,14-15,18-19,21,32H,5-13,16-17H2,1-2H3,(H2,33,41)(H,34,40)/b4-3-,32-25?/t18?,19?,21-/m1/s1. The summed E-state index contributed by atoms with van der Waals surface area (Å²) in [6.45, 7) is 6.77. The van der Waals surface area contributed by atoms with Gasteiger partial charge in [0.25, 0.3) is 11.5 Å². The zero-order valence-electron chi connectivity index (χ0n) is 24.6. The molecule has 5 rings (SSSR count). The van der Waals surface area contributed by atoms with Gasteiger partial charge in [0, 0.05) is 19.3 Å². The largest absolute Gasteiger partial charge is 0.411 e. The number of aromatic nitrogens is 5. The first-order valence-electron chi connectivity index (χ1n) is 14.9. The van der Waals surface area contributed by atoms with Crippen molar-refractivity contribution in [3.8, 4) is 11.3 Å². The number of carbonyl (C=O) groups excluding carboxylic acids is 1. The van der Waals surface area contributed by atoms with Gasteiger partial charge < -0.3 is 29.7 Å². The van der Waals surface area contributed by atoms with Crippen molar-refractivity contribution in [3.05, 3.63) is 45.6 Å². The number of allylic oxidation sites excluding steroid dienone is 2. The van der Waals surface area contributed by atoms with Crippen molar-refractivity contribution < 1.29 is 14.3 Å². The van der Waals surface area contributed by atoms with E-state index in [9.17, 15) is 9.59 Å². The maximum absolute atomic E-state index is 13.1. The summed E-state index contributed by atoms with van der Waals surface area (Å²) < 4.78 is 12.9. The number of hydrogen-bond donors (Lipinski definition) is 3. The second-order valence-corrected chi connectivity index (χ2v) is 11.9. The van der Waals surface area contributed by atoms with E-state index in [1.807, 2.05) is 6.92 Å². The van der Waals surface area contributed by atoms with Crippen LogP contribution in [0.15, 0.2) is 29.2 Å². The van der Waals surface area contributed by atoms with Gasteiger partial charge in [0.1, 0.15) is 11.2 Å². The molecule has 1 aliphatic carbocycles. The SMILES string of the molecule is C/C=C\CCC[C@@H]1COCCN1c1nc2nc(C(=N)OC(N)=O)nc(-c3cc(Cl)c[nH]c3=O)c2n1CC1CCC(C)CC1. The Morgan fingerprint density at radius 3 is 2.81 bits per heavy atom. The van der Waals surface area contributed by atoms with Crippen LogP contribution < -0.4 is 16.2 Å². The molecule has 43 heavy (non-hydrogen) atoms. The molecule has 13 heteroatoms. The highest BCUT2D eigenvalue weighted by Gasteiger charge is 2.32. The lowest BCUT2D eigenvalue weighted by atomic mass is 9.83. The molecule has 2 fully saturated rings. The minimum Gasteiger partial charge on any atom is -0.388 e. The highest BCUT2D eigenvalue weighted by atomic mass is 35.5. The molecule has 0 spiro atoms. The number of nitrogens with one attached hydrogen (secondary N) is 2. The lowest BCUT2D eigenvalue weighted by Gasteiger charge is -2.37. The van der Waals surface area contributed by atoms with Crippen molar-refractivity contribution in [3.63, 3.8) is 0 Å². The summed E-state index contributed by atoms with van der Waals surface area (Å²) in [5, 5.41) is 8.60. The van der Waals surface area contributed by atoms with E-state index in [0.29, 0.717) is 48.7 Å². The number of aromatic amines is 1. The number of anilines is 1. The molecule has 4 heterocycles. The first kappa shape index (κ1) is 30.7. The number of hydrogen-bond acceptors (Lipinski definition) is 9. The zero-order valence-corrected chi connectivity index (χ0v) is 25.4. The fourth-order valence-corrected chi connectivity index (χ4v) is 6.21. The highest BCUT2D eigenvalue weighted by Crippen LogP contribution is 2.36. The number of imidazole rings is 1. The number of H-pyrrole nitrogens is 1. The lowest BCUT2D eigenvalue weighted by molar-refractivity contribution is 0.0896. The minimum absolute atomic E-state index is 0.0999. The molecule has 230 valence electrons. The molecule has 0 bridgehead atoms. The first-order valence-corrected chi connectivity index (χ1v) is 15.3. The topological polar surface area (TPSA) is 165 Å². The number of primary amides is 1. The van der Waals surface area contributed by atoms with Gasteiger partial charge in [0.2, 0.25) is 11.8 Å². The number of pyridine rings is 1. The van der Waals surface area contributed by atoms with Crippen LogP contribution in [0.1, 0.15) is 64.6 Å². The molecule has 0 unspecified atom stereocenters. The molecule has 2 aliphatic rings. The number of amides is 1. The van der Waals surface area contributed by atoms with Crippen LogP contribution >= 0.6 is 11.6 Å². The Hall–Kier alpha value is -3.77. The van der Waals surface area contributed by atoms with E-state index in [1.54, 1.807) is 0 Å². The Morgan fingerprint density at radius 1 is 1.28 bits per heavy atom. The lowest BCUT2D eigenvalue weighted by Crippen LogP contribution is -2.47. The summed E-state index contributed by atoms with van der Waals surface area (Å²) in [7, 11) is 0. The van der Waals surface area contributed by atoms with E-state index in [4.69, 9.17) is 37.2 Å². The third-order valence-corrected chi connectivity index (χ3v) is 8.53. The number of morpholine rings is 1. The molecule has 1 saturated carbocycles. The molecule has 0 aromatic carbocycles. The Bertz CT molecular complexity index is 1560. The van der Waals surface area contributed by atoms with Crippen molar-refractivity contribution in [2.75, 3.05) is 24.7 Å². The Kier molecular flexibility index (Phi) is 9.76. The number of nitrogens with zero attached hydrogens (tertiary/aromatic N) is 5. The van der Waals surface area contributed by atoms with Crippen molar-refractivity contribution in [2.24, 2.45) is 17.6 Å². The van der Waals surface area contributed by atoms with Crippen LogP contribution in [-0.4, -0.2) is 62.3 Å². The average Bonchev–Trinajstić information content (AvgIpc) is 3.35. The van der Waals surface area contributed by atoms with Crippen molar-refractivity contribution in [2.45, 2.75) is 71.4 Å². The Labute approximate surface area is 255 Å². The van der Waals surface area contributed by atoms with Gasteiger partial charge in [-0.2, -0.15) is 4.98 Å². The van der Waals surface area contributed by atoms with Gasteiger partial charge in [0.15, 0.2) is 5.65 Å². The molecular weight excluding hydrogens is 572 g/mol. The monoisotopic (exact) mass is 610 g/mol. The number of halogens is 1. The van der Waals surface area contributed by atoms with E-state index in [2.05, 4.69) is 43.5 Å². The zero-order chi connectivity index (χ0) is 30.5. The van der Waals surface area contributed by atoms with Crippen LogP contribution in [0.5, 0.6) is 0 Å². The molecule has 3 aromatic rings. The van der Waals surface area contributed by atoms with E-state index >= 15 is 0 Å². The van der Waals surface area contributed by atoms with Crippen LogP contribution in [0.25, 0.3) is 22.4 Å². The molecule has 1 amide bonds. The maximum atomic E-state index is 13.1. The van der Waals surface area contributed by atoms with E-state index < -0.39 is 17.6 Å². The molecule has 12 nitrogen and oxygen atoms in total. The smallest absolute Gasteiger partial charge is 0.388 e. The highest BCUT2D eigenvalue weighted by molar-refractivity contribution is 6.30. The quantitative estimate of drug-likeness (QED) is 0.131. The fraction of sp³-hybridized carbons (Fsp3) is 0.533. The summed E-state index contributed by atoms with van der Waals surface area (Å²) in [6, 6.07) is 1.63. The summed E-state index contributed by atoms with van der Waals surface area (Å²) in [6.07, 6.45) is 11.9. The predicted octanol–water partition coefficient (Wildman–Crippen LogP) is 5.03. The normalized spacial score (nSPS) is 21.0. The van der Waals surface area contributed by atoms with Gasteiger partial charge in [-0.3, -0.25) is 10.2 Å². The van der Waals surface area contributed by atoms with Gasteiger partial charge in [-0.1, -0.05) is 43.5 Å². The summed E-state index contributed by atoms with van der Waals surface area (Å²) in [5.74, 6) is 0.969. The van der Waals surface area contributed by atoms with E-state index in [-0.39, 0.29) is 28.8 Å². The minimum atomic E-state index is -1.16. The molecule has 1 saturated heterocycles. The van der Waals surface area contributed by atoms with Crippen LogP contribution in [0.2, 0.25) is 5.02 Å². The Morgan fingerprint density at radius 2 is 2.07 bits per heavy atom. The number of nitrogens with two attached hydrogens (primary N) is 1. The van der Waals surface area contributed by atoms with Crippen molar-refractivity contribution in [1.82, 2.24) is 24.5 Å². The first-order chi connectivity index (χ1) is 20.7. The molecule has 1 aliphatic heterocycles. The second-order valence-electron chi connectivity index (χ2n) is 11.4. The molecule has 0 radical (unpaired) electrons. The van der Waals surface area contributed by atoms with Gasteiger partial charge in [-0.15, -0.1) is 0 Å². The average molecular weight is 611 g/mol. The fourth-order valence-electron chi connectivity index (χ4n) is 6.05. The number of unbranched alkanes of at least 4 members (excludes halogenated alkanes) is 1. The summed E-state index contributed by atoms with van der Waals surface area (Å²) in [5.41, 5.74) is 6.07. The van der Waals surface area contributed by atoms with Crippen LogP contribution in [0.4, 0.5) is 10.7 Å². The molecule has 4 N–H and O–H groups in total. The van der Waals surface area contributed by atoms with Crippen molar-refractivity contribution >= 4 is 40.7 Å². The second kappa shape index (κ2) is 13.7. The third-order valence-electron chi connectivity index (χ3n) is 8.32. The molecule has 1 atom stereocenters. The van der Waals surface area contributed by atoms with Crippen molar-refractivity contribution in [1.29, 1.82) is 5.41 Å². The number of fused-ring (bicyclic) bond motifs is 1. The van der Waals surface area contributed by atoms with Gasteiger partial charge in [-0.05, 0) is 56.9 Å². The predicted molar refractivity (Wildman–Crippen MR) is 166 cm³/mol. The van der Waals surface area contributed by atoms with E-state index in [1.165, 1.54) is 12.3 Å². The molecular formula is C30H39ClN8O4. The Balaban J connectivity index is 1.70. The summed E-state index contributed by atoms with van der Waals surface area (Å²) in [4.78, 5) is 43.7. The van der Waals surface area contributed by atoms with Crippen LogP contribution in [0.3, 0.4) is 0 Å². The summed E-state index contributed by atoms with van der Waals surface area (Å²) >= 11 is 6.32. The van der Waals surface area contributed by atoms with Gasteiger partial charge in [-0.25, -0.2) is 14.8 Å². The maximum Gasteiger partial charge on any atom is 0.411 e. The van der Waals surface area contributed by atoms with Crippen LogP contribution in [0, 0.1) is 17.2 Å².